The van der Waals surface area contributed by atoms with E-state index in [0.29, 0.717) is 0 Å². The van der Waals surface area contributed by atoms with Crippen molar-refractivity contribution < 1.29 is 18.2 Å². The van der Waals surface area contributed by atoms with E-state index in [-0.39, 0.29) is 11.5 Å². The van der Waals surface area contributed by atoms with Crippen LogP contribution in [0.1, 0.15) is 0 Å². The molecule has 0 atom stereocenters. The van der Waals surface area contributed by atoms with Crippen LogP contribution in [0.15, 0.2) is 24.3 Å². The highest BCUT2D eigenvalue weighted by molar-refractivity contribution is 7.54. The van der Waals surface area contributed by atoms with Crippen molar-refractivity contribution in [1.29, 1.82) is 0 Å². The predicted molar refractivity (Wildman–Crippen MR) is 59.7 cm³/mol. The Kier molecular flexibility index (Phi) is 3.75. The standard InChI is InChI=1S/C6H12N4O4P2/c7-15(8,11)13-5-1-2-6(4-3-5)14-16(9,10)12/h1-4H,(H4,7,8,11)(H4,9,10,12). The maximum absolute atomic E-state index is 10.9. The number of rotatable bonds is 4. The van der Waals surface area contributed by atoms with Crippen LogP contribution in [0.4, 0.5) is 0 Å². The third kappa shape index (κ3) is 5.27. The maximum atomic E-state index is 10.9. The SMILES string of the molecule is NP(N)(=O)Oc1ccc(OP(N)(N)=O)cc1. The van der Waals surface area contributed by atoms with Crippen LogP contribution in [0.25, 0.3) is 0 Å². The molecular weight excluding hydrogens is 254 g/mol. The minimum Gasteiger partial charge on any atom is -0.422 e. The smallest absolute Gasteiger partial charge is 0.385 e. The molecule has 0 heterocycles. The van der Waals surface area contributed by atoms with E-state index in [1.54, 1.807) is 0 Å². The number of nitrogens with two attached hydrogens (primary N) is 4. The molecule has 0 spiro atoms. The number of benzene rings is 1. The molecule has 8 nitrogen and oxygen atoms in total. The van der Waals surface area contributed by atoms with Gasteiger partial charge in [0.25, 0.3) is 0 Å². The molecule has 0 fully saturated rings. The molecule has 0 aliphatic heterocycles. The van der Waals surface area contributed by atoms with E-state index >= 15 is 0 Å². The molecule has 1 rings (SSSR count). The molecule has 0 radical (unpaired) electrons. The summed E-state index contributed by atoms with van der Waals surface area (Å²) in [5.41, 5.74) is 20.0. The molecule has 8 N–H and O–H groups in total. The van der Waals surface area contributed by atoms with Crippen LogP contribution in [-0.2, 0) is 9.13 Å². The minimum absolute atomic E-state index is 0.185. The fraction of sp³-hybridized carbons (Fsp3) is 0. The molecule has 16 heavy (non-hydrogen) atoms. The quantitative estimate of drug-likeness (QED) is 0.573. The molecule has 1 aromatic carbocycles. The second kappa shape index (κ2) is 4.55. The Hall–Kier alpha value is -0.880. The molecule has 0 aliphatic rings. The van der Waals surface area contributed by atoms with Crippen molar-refractivity contribution in [1.82, 2.24) is 0 Å². The van der Waals surface area contributed by atoms with Gasteiger partial charge in [0.2, 0.25) is 0 Å². The second-order valence-electron chi connectivity index (χ2n) is 2.94. The van der Waals surface area contributed by atoms with Crippen LogP contribution in [-0.4, -0.2) is 0 Å². The van der Waals surface area contributed by atoms with Crippen LogP contribution >= 0.6 is 15.3 Å². The zero-order valence-corrected chi connectivity index (χ0v) is 9.94. The zero-order chi connectivity index (χ0) is 12.4. The predicted octanol–water partition coefficient (Wildman–Crippen LogP) is 0.495. The summed E-state index contributed by atoms with van der Waals surface area (Å²) in [6.07, 6.45) is 0. The van der Waals surface area contributed by atoms with Gasteiger partial charge in [-0.25, -0.2) is 31.1 Å². The van der Waals surface area contributed by atoms with Crippen molar-refractivity contribution in [3.63, 3.8) is 0 Å². The Morgan fingerprint density at radius 1 is 0.750 bits per heavy atom. The topological polar surface area (TPSA) is 157 Å². The van der Waals surface area contributed by atoms with E-state index in [1.807, 2.05) is 0 Å². The fourth-order valence-corrected chi connectivity index (χ4v) is 1.79. The maximum Gasteiger partial charge on any atom is 0.385 e. The van der Waals surface area contributed by atoms with Crippen molar-refractivity contribution in [2.75, 3.05) is 0 Å². The third-order valence-corrected chi connectivity index (χ3v) is 2.31. The first kappa shape index (κ1) is 13.2. The summed E-state index contributed by atoms with van der Waals surface area (Å²) in [6.45, 7) is 0. The normalized spacial score (nSPS) is 12.2. The van der Waals surface area contributed by atoms with Gasteiger partial charge in [-0.15, -0.1) is 0 Å². The van der Waals surface area contributed by atoms with Gasteiger partial charge in [0.1, 0.15) is 11.5 Å². The highest BCUT2D eigenvalue weighted by atomic mass is 31.2. The Labute approximate surface area is 92.0 Å². The van der Waals surface area contributed by atoms with Gasteiger partial charge in [0.05, 0.1) is 0 Å². The van der Waals surface area contributed by atoms with Crippen LogP contribution in [0.3, 0.4) is 0 Å². The molecule has 0 saturated carbocycles. The Bertz CT molecular complexity index is 407. The molecule has 0 saturated heterocycles. The fourth-order valence-electron chi connectivity index (χ4n) is 0.891. The molecule has 0 amide bonds. The van der Waals surface area contributed by atoms with E-state index in [1.165, 1.54) is 24.3 Å². The van der Waals surface area contributed by atoms with Crippen LogP contribution in [0.5, 0.6) is 11.5 Å². The van der Waals surface area contributed by atoms with Gasteiger partial charge < -0.3 is 9.05 Å². The molecule has 1 aromatic rings. The van der Waals surface area contributed by atoms with Crippen molar-refractivity contribution in [2.24, 2.45) is 22.0 Å². The average molecular weight is 266 g/mol. The van der Waals surface area contributed by atoms with E-state index in [0.717, 1.165) is 0 Å². The van der Waals surface area contributed by atoms with Gasteiger partial charge in [-0.3, -0.25) is 0 Å². The molecule has 10 heteroatoms. The molecule has 0 unspecified atom stereocenters. The lowest BCUT2D eigenvalue weighted by Gasteiger charge is -2.11. The van der Waals surface area contributed by atoms with E-state index < -0.39 is 15.3 Å². The molecule has 0 bridgehead atoms. The summed E-state index contributed by atoms with van der Waals surface area (Å²) in [4.78, 5) is 0. The van der Waals surface area contributed by atoms with Crippen molar-refractivity contribution in [3.8, 4) is 11.5 Å². The lowest BCUT2D eigenvalue weighted by molar-refractivity contribution is 0.476. The van der Waals surface area contributed by atoms with Crippen molar-refractivity contribution in [3.05, 3.63) is 24.3 Å². The summed E-state index contributed by atoms with van der Waals surface area (Å²) >= 11 is 0. The van der Waals surface area contributed by atoms with E-state index in [4.69, 9.17) is 31.1 Å². The molecule has 90 valence electrons. The molecule has 0 aliphatic carbocycles. The van der Waals surface area contributed by atoms with E-state index in [9.17, 15) is 9.13 Å². The summed E-state index contributed by atoms with van der Waals surface area (Å²) in [7, 11) is -7.18. The third-order valence-electron chi connectivity index (χ3n) is 1.32. The Morgan fingerprint density at radius 2 is 1.00 bits per heavy atom. The van der Waals surface area contributed by atoms with Crippen LogP contribution in [0.2, 0.25) is 0 Å². The van der Waals surface area contributed by atoms with Gasteiger partial charge >= 0.3 is 15.3 Å². The average Bonchev–Trinajstić information content (AvgIpc) is 2.03. The van der Waals surface area contributed by atoms with Crippen molar-refractivity contribution >= 4 is 15.3 Å². The Balaban J connectivity index is 2.76. The Morgan fingerprint density at radius 3 is 1.19 bits per heavy atom. The second-order valence-corrected chi connectivity index (χ2v) is 5.89. The van der Waals surface area contributed by atoms with Crippen molar-refractivity contribution in [2.45, 2.75) is 0 Å². The first-order chi connectivity index (χ1) is 7.16. The van der Waals surface area contributed by atoms with Gasteiger partial charge in [-0.05, 0) is 24.3 Å². The largest absolute Gasteiger partial charge is 0.422 e. The summed E-state index contributed by atoms with van der Waals surface area (Å²) in [6, 6.07) is 5.49. The minimum atomic E-state index is -3.59. The van der Waals surface area contributed by atoms with Gasteiger partial charge in [-0.1, -0.05) is 0 Å². The van der Waals surface area contributed by atoms with Gasteiger partial charge in [0, 0.05) is 0 Å². The lowest BCUT2D eigenvalue weighted by Crippen LogP contribution is -2.11. The highest BCUT2D eigenvalue weighted by Crippen LogP contribution is 2.34. The monoisotopic (exact) mass is 266 g/mol. The number of hydrogen-bond donors (Lipinski definition) is 4. The van der Waals surface area contributed by atoms with Gasteiger partial charge in [0.15, 0.2) is 0 Å². The molecular formula is C6H12N4O4P2. The highest BCUT2D eigenvalue weighted by Gasteiger charge is 2.12. The summed E-state index contributed by atoms with van der Waals surface area (Å²) in [5.74, 6) is 0.370. The number of hydrogen-bond acceptors (Lipinski definition) is 4. The first-order valence-corrected chi connectivity index (χ1v) is 7.52. The van der Waals surface area contributed by atoms with E-state index in [2.05, 4.69) is 0 Å². The zero-order valence-electron chi connectivity index (χ0n) is 8.15. The summed E-state index contributed by atoms with van der Waals surface area (Å²) < 4.78 is 31.3. The summed E-state index contributed by atoms with van der Waals surface area (Å²) in [5, 5.41) is 0. The lowest BCUT2D eigenvalue weighted by atomic mass is 10.3. The van der Waals surface area contributed by atoms with Crippen LogP contribution in [0, 0.1) is 0 Å². The van der Waals surface area contributed by atoms with Crippen LogP contribution < -0.4 is 31.1 Å². The van der Waals surface area contributed by atoms with Gasteiger partial charge in [-0.2, -0.15) is 0 Å². The molecule has 0 aromatic heterocycles. The first-order valence-electron chi connectivity index (χ1n) is 3.99.